The number of hydrogen-bond donors (Lipinski definition) is 1. The first-order valence-corrected chi connectivity index (χ1v) is 9.42. The van der Waals surface area contributed by atoms with Crippen LogP contribution in [0.3, 0.4) is 0 Å². The highest BCUT2D eigenvalue weighted by Crippen LogP contribution is 2.37. The van der Waals surface area contributed by atoms with Crippen molar-refractivity contribution in [2.24, 2.45) is 0 Å². The summed E-state index contributed by atoms with van der Waals surface area (Å²) in [6, 6.07) is 9.20. The molecule has 0 aliphatic heterocycles. The Kier molecular flexibility index (Phi) is 5.03. The molecule has 0 saturated carbocycles. The monoisotopic (exact) mass is 391 g/mol. The Balaban J connectivity index is 1.65. The Bertz CT molecular complexity index is 1190. The Morgan fingerprint density at radius 2 is 2.00 bits per heavy atom. The molecule has 0 atom stereocenters. The molecule has 2 aromatic carbocycles. The summed E-state index contributed by atoms with van der Waals surface area (Å²) in [5.41, 5.74) is 1.07. The highest BCUT2D eigenvalue weighted by atomic mass is 16.5. The third-order valence-electron chi connectivity index (χ3n) is 4.75. The SMILES string of the molecule is CC(=O)Oc1cc2c(C(=O)NCCCn3ccnc3)c(C)oc2c2ccccc12. The van der Waals surface area contributed by atoms with E-state index in [1.54, 1.807) is 25.5 Å². The molecular formula is C22H21N3O4. The van der Waals surface area contributed by atoms with Gasteiger partial charge < -0.3 is 19.0 Å². The molecule has 0 bridgehead atoms. The summed E-state index contributed by atoms with van der Waals surface area (Å²) < 4.78 is 13.3. The van der Waals surface area contributed by atoms with Crippen molar-refractivity contribution in [2.75, 3.05) is 6.54 Å². The number of nitrogens with zero attached hydrogens (tertiary/aromatic N) is 2. The van der Waals surface area contributed by atoms with Gasteiger partial charge in [0.05, 0.1) is 11.9 Å². The second kappa shape index (κ2) is 7.79. The minimum atomic E-state index is -0.416. The van der Waals surface area contributed by atoms with Crippen LogP contribution in [0.5, 0.6) is 5.75 Å². The number of imidazole rings is 1. The molecule has 2 heterocycles. The number of furan rings is 1. The van der Waals surface area contributed by atoms with E-state index in [0.29, 0.717) is 34.6 Å². The lowest BCUT2D eigenvalue weighted by atomic mass is 10.0. The van der Waals surface area contributed by atoms with Gasteiger partial charge in [0.2, 0.25) is 0 Å². The number of benzene rings is 2. The van der Waals surface area contributed by atoms with Crippen LogP contribution in [0.2, 0.25) is 0 Å². The molecule has 1 amide bonds. The van der Waals surface area contributed by atoms with E-state index in [1.807, 2.05) is 35.0 Å². The molecule has 4 aromatic rings. The van der Waals surface area contributed by atoms with Gasteiger partial charge in [-0.3, -0.25) is 9.59 Å². The summed E-state index contributed by atoms with van der Waals surface area (Å²) in [4.78, 5) is 28.4. The van der Waals surface area contributed by atoms with Crippen molar-refractivity contribution in [3.63, 3.8) is 0 Å². The van der Waals surface area contributed by atoms with Gasteiger partial charge in [-0.15, -0.1) is 0 Å². The quantitative estimate of drug-likeness (QED) is 0.307. The fraction of sp³-hybridized carbons (Fsp3) is 0.227. The minimum absolute atomic E-state index is 0.212. The summed E-state index contributed by atoms with van der Waals surface area (Å²) in [5.74, 6) is 0.309. The predicted octanol–water partition coefficient (Wildman–Crippen LogP) is 3.84. The number of esters is 1. The molecule has 0 aliphatic carbocycles. The van der Waals surface area contributed by atoms with Crippen LogP contribution >= 0.6 is 0 Å². The number of aromatic nitrogens is 2. The van der Waals surface area contributed by atoms with Crippen LogP contribution in [0.25, 0.3) is 21.7 Å². The Labute approximate surface area is 167 Å². The van der Waals surface area contributed by atoms with Crippen LogP contribution in [0.4, 0.5) is 0 Å². The van der Waals surface area contributed by atoms with Gasteiger partial charge in [0.25, 0.3) is 5.91 Å². The average Bonchev–Trinajstić information content (AvgIpc) is 3.32. The fourth-order valence-corrected chi connectivity index (χ4v) is 3.50. The van der Waals surface area contributed by atoms with Crippen LogP contribution < -0.4 is 10.1 Å². The molecule has 1 N–H and O–H groups in total. The molecule has 0 saturated heterocycles. The summed E-state index contributed by atoms with van der Waals surface area (Å²) >= 11 is 0. The number of amides is 1. The molecule has 148 valence electrons. The van der Waals surface area contributed by atoms with Gasteiger partial charge >= 0.3 is 5.97 Å². The molecule has 0 unspecified atom stereocenters. The first-order valence-electron chi connectivity index (χ1n) is 9.42. The zero-order valence-corrected chi connectivity index (χ0v) is 16.3. The van der Waals surface area contributed by atoms with Crippen molar-refractivity contribution in [2.45, 2.75) is 26.8 Å². The minimum Gasteiger partial charge on any atom is -0.460 e. The van der Waals surface area contributed by atoms with Crippen LogP contribution in [-0.4, -0.2) is 28.0 Å². The van der Waals surface area contributed by atoms with Crippen molar-refractivity contribution in [1.29, 1.82) is 0 Å². The molecule has 2 aromatic heterocycles. The molecule has 0 radical (unpaired) electrons. The zero-order chi connectivity index (χ0) is 20.4. The van der Waals surface area contributed by atoms with Gasteiger partial charge in [-0.05, 0) is 19.4 Å². The molecule has 4 rings (SSSR count). The van der Waals surface area contributed by atoms with Crippen LogP contribution in [-0.2, 0) is 11.3 Å². The summed E-state index contributed by atoms with van der Waals surface area (Å²) in [5, 5.41) is 5.13. The number of fused-ring (bicyclic) bond motifs is 3. The maximum Gasteiger partial charge on any atom is 0.308 e. The Hall–Kier alpha value is -3.61. The first kappa shape index (κ1) is 18.7. The number of carbonyl (C=O) groups excluding carboxylic acids is 2. The maximum atomic E-state index is 12.9. The second-order valence-corrected chi connectivity index (χ2v) is 6.83. The molecule has 7 heteroatoms. The second-order valence-electron chi connectivity index (χ2n) is 6.83. The van der Waals surface area contributed by atoms with Gasteiger partial charge in [0.15, 0.2) is 0 Å². The molecule has 29 heavy (non-hydrogen) atoms. The molecule has 7 nitrogen and oxygen atoms in total. The van der Waals surface area contributed by atoms with Crippen molar-refractivity contribution in [3.05, 3.63) is 60.4 Å². The largest absolute Gasteiger partial charge is 0.460 e. The summed E-state index contributed by atoms with van der Waals surface area (Å²) in [6.07, 6.45) is 6.14. The van der Waals surface area contributed by atoms with E-state index < -0.39 is 5.97 Å². The van der Waals surface area contributed by atoms with Crippen LogP contribution in [0.1, 0.15) is 29.5 Å². The number of aryl methyl sites for hydroxylation is 2. The summed E-state index contributed by atoms with van der Waals surface area (Å²) in [6.45, 7) is 4.41. The highest BCUT2D eigenvalue weighted by Gasteiger charge is 2.22. The standard InChI is InChI=1S/C22H21N3O4/c1-14-20(22(27)24-8-5-10-25-11-9-23-13-25)18-12-19(29-15(2)26)16-6-3-4-7-17(16)21(18)28-14/h3-4,6-7,9,11-13H,5,8,10H2,1-2H3,(H,24,27). The average molecular weight is 391 g/mol. The molecule has 0 spiro atoms. The molecule has 0 fully saturated rings. The Morgan fingerprint density at radius 1 is 1.21 bits per heavy atom. The molecule has 0 aliphatic rings. The van der Waals surface area contributed by atoms with Gasteiger partial charge in [-0.25, -0.2) is 4.98 Å². The van der Waals surface area contributed by atoms with Crippen LogP contribution in [0, 0.1) is 6.92 Å². The van der Waals surface area contributed by atoms with Gasteiger partial charge in [0, 0.05) is 48.6 Å². The third kappa shape index (κ3) is 3.71. The topological polar surface area (TPSA) is 86.4 Å². The van der Waals surface area contributed by atoms with E-state index in [0.717, 1.165) is 23.7 Å². The van der Waals surface area contributed by atoms with Crippen molar-refractivity contribution < 1.29 is 18.7 Å². The van der Waals surface area contributed by atoms with Gasteiger partial charge in [0.1, 0.15) is 17.1 Å². The third-order valence-corrected chi connectivity index (χ3v) is 4.75. The smallest absolute Gasteiger partial charge is 0.308 e. The van der Waals surface area contributed by atoms with E-state index in [1.165, 1.54) is 6.92 Å². The Morgan fingerprint density at radius 3 is 2.72 bits per heavy atom. The zero-order valence-electron chi connectivity index (χ0n) is 16.3. The predicted molar refractivity (Wildman–Crippen MR) is 109 cm³/mol. The lowest BCUT2D eigenvalue weighted by Crippen LogP contribution is -2.25. The summed E-state index contributed by atoms with van der Waals surface area (Å²) in [7, 11) is 0. The van der Waals surface area contributed by atoms with Crippen molar-refractivity contribution in [1.82, 2.24) is 14.9 Å². The number of rotatable bonds is 6. The number of hydrogen-bond acceptors (Lipinski definition) is 5. The van der Waals surface area contributed by atoms with Crippen molar-refractivity contribution in [3.8, 4) is 5.75 Å². The van der Waals surface area contributed by atoms with E-state index in [2.05, 4.69) is 10.3 Å². The number of carbonyl (C=O) groups is 2. The lowest BCUT2D eigenvalue weighted by molar-refractivity contribution is -0.131. The number of ether oxygens (including phenoxy) is 1. The van der Waals surface area contributed by atoms with E-state index in [9.17, 15) is 9.59 Å². The van der Waals surface area contributed by atoms with Crippen LogP contribution in [0.15, 0.2) is 53.5 Å². The lowest BCUT2D eigenvalue weighted by Gasteiger charge is -2.08. The van der Waals surface area contributed by atoms with Gasteiger partial charge in [-0.2, -0.15) is 0 Å². The maximum absolute atomic E-state index is 12.9. The van der Waals surface area contributed by atoms with E-state index >= 15 is 0 Å². The fourth-order valence-electron chi connectivity index (χ4n) is 3.50. The number of nitrogens with one attached hydrogen (secondary N) is 1. The molecular weight excluding hydrogens is 370 g/mol. The highest BCUT2D eigenvalue weighted by molar-refractivity contribution is 6.16. The van der Waals surface area contributed by atoms with Gasteiger partial charge in [-0.1, -0.05) is 24.3 Å². The van der Waals surface area contributed by atoms with Crippen molar-refractivity contribution >= 4 is 33.6 Å². The van der Waals surface area contributed by atoms with E-state index in [-0.39, 0.29) is 5.91 Å². The normalized spacial score (nSPS) is 11.1. The first-order chi connectivity index (χ1) is 14.0. The van der Waals surface area contributed by atoms with E-state index in [4.69, 9.17) is 9.15 Å².